The zero-order valence-electron chi connectivity index (χ0n) is 9.22. The molecule has 0 amide bonds. The van der Waals surface area contributed by atoms with E-state index in [2.05, 4.69) is 12.0 Å². The van der Waals surface area contributed by atoms with E-state index in [1.807, 2.05) is 10.7 Å². The molecule has 0 aliphatic carbocycles. The van der Waals surface area contributed by atoms with Gasteiger partial charge in [-0.15, -0.1) is 0 Å². The molecule has 0 bridgehead atoms. The Morgan fingerprint density at radius 3 is 3.20 bits per heavy atom. The van der Waals surface area contributed by atoms with Gasteiger partial charge in [0.1, 0.15) is 5.82 Å². The van der Waals surface area contributed by atoms with Crippen molar-refractivity contribution in [2.45, 2.75) is 44.8 Å². The Morgan fingerprint density at radius 1 is 1.67 bits per heavy atom. The average molecular weight is 209 g/mol. The van der Waals surface area contributed by atoms with E-state index in [1.165, 1.54) is 6.42 Å². The van der Waals surface area contributed by atoms with E-state index in [-0.39, 0.29) is 0 Å². The topological polar surface area (TPSA) is 53.1 Å². The Hall–Kier alpha value is -1.03. The van der Waals surface area contributed by atoms with Crippen molar-refractivity contribution in [1.82, 2.24) is 9.78 Å². The van der Waals surface area contributed by atoms with Crippen molar-refractivity contribution in [2.24, 2.45) is 0 Å². The van der Waals surface area contributed by atoms with Gasteiger partial charge >= 0.3 is 0 Å². The summed E-state index contributed by atoms with van der Waals surface area (Å²) in [5.74, 6) is 0.761. The van der Waals surface area contributed by atoms with Crippen LogP contribution in [0.5, 0.6) is 0 Å². The normalized spacial score (nSPS) is 26.7. The van der Waals surface area contributed by atoms with Crippen LogP contribution < -0.4 is 5.73 Å². The summed E-state index contributed by atoms with van der Waals surface area (Å²) in [7, 11) is 0. The van der Waals surface area contributed by atoms with Crippen LogP contribution in [-0.4, -0.2) is 22.5 Å². The van der Waals surface area contributed by atoms with E-state index in [1.54, 1.807) is 6.20 Å². The van der Waals surface area contributed by atoms with Gasteiger partial charge in [0.2, 0.25) is 0 Å². The molecule has 0 radical (unpaired) electrons. The van der Waals surface area contributed by atoms with Crippen LogP contribution in [-0.2, 0) is 4.74 Å². The predicted molar refractivity (Wildman–Crippen MR) is 59.6 cm³/mol. The predicted octanol–water partition coefficient (Wildman–Crippen LogP) is 1.99. The largest absolute Gasteiger partial charge is 0.384 e. The molecule has 1 aromatic rings. The first kappa shape index (κ1) is 10.5. The van der Waals surface area contributed by atoms with Gasteiger partial charge in [0.25, 0.3) is 0 Å². The van der Waals surface area contributed by atoms with Gasteiger partial charge in [0, 0.05) is 6.61 Å². The Labute approximate surface area is 90.4 Å². The van der Waals surface area contributed by atoms with E-state index in [0.717, 1.165) is 31.7 Å². The molecule has 84 valence electrons. The van der Waals surface area contributed by atoms with Crippen LogP contribution in [0.1, 0.15) is 38.6 Å². The van der Waals surface area contributed by atoms with Gasteiger partial charge in [0.15, 0.2) is 0 Å². The molecule has 4 nitrogen and oxygen atoms in total. The number of hydrogen-bond donors (Lipinski definition) is 1. The highest BCUT2D eigenvalue weighted by atomic mass is 16.5. The summed E-state index contributed by atoms with van der Waals surface area (Å²) < 4.78 is 7.64. The molecule has 0 saturated carbocycles. The third kappa shape index (κ3) is 2.31. The Balaban J connectivity index is 2.01. The maximum Gasteiger partial charge on any atom is 0.121 e. The second-order valence-corrected chi connectivity index (χ2v) is 4.16. The van der Waals surface area contributed by atoms with Crippen molar-refractivity contribution in [3.8, 4) is 0 Å². The zero-order valence-corrected chi connectivity index (χ0v) is 9.22. The summed E-state index contributed by atoms with van der Waals surface area (Å²) in [6.07, 6.45) is 6.52. The van der Waals surface area contributed by atoms with Crippen molar-refractivity contribution >= 4 is 5.82 Å². The number of rotatable bonds is 3. The van der Waals surface area contributed by atoms with Gasteiger partial charge in [0.05, 0.1) is 18.3 Å². The number of nitrogen functional groups attached to an aromatic ring is 1. The number of nitrogens with two attached hydrogens (primary N) is 1. The van der Waals surface area contributed by atoms with Crippen LogP contribution in [0.3, 0.4) is 0 Å². The van der Waals surface area contributed by atoms with Crippen LogP contribution in [0.4, 0.5) is 5.82 Å². The lowest BCUT2D eigenvalue weighted by Gasteiger charge is -2.30. The van der Waals surface area contributed by atoms with Gasteiger partial charge in [-0.2, -0.15) is 5.10 Å². The van der Waals surface area contributed by atoms with Crippen LogP contribution in [0.2, 0.25) is 0 Å². The van der Waals surface area contributed by atoms with Gasteiger partial charge in [-0.3, -0.25) is 0 Å². The van der Waals surface area contributed by atoms with Crippen LogP contribution in [0.25, 0.3) is 0 Å². The van der Waals surface area contributed by atoms with Crippen molar-refractivity contribution in [3.05, 3.63) is 12.3 Å². The van der Waals surface area contributed by atoms with Crippen molar-refractivity contribution in [1.29, 1.82) is 0 Å². The third-order valence-electron chi connectivity index (χ3n) is 3.00. The highest BCUT2D eigenvalue weighted by molar-refractivity contribution is 5.26. The summed E-state index contributed by atoms with van der Waals surface area (Å²) in [6.45, 7) is 3.02. The molecule has 1 aromatic heterocycles. The first-order chi connectivity index (χ1) is 7.31. The molecule has 1 fully saturated rings. The van der Waals surface area contributed by atoms with E-state index in [9.17, 15) is 0 Å². The molecule has 2 atom stereocenters. The van der Waals surface area contributed by atoms with Crippen LogP contribution in [0, 0.1) is 0 Å². The number of hydrogen-bond acceptors (Lipinski definition) is 3. The zero-order chi connectivity index (χ0) is 10.7. The molecule has 0 aromatic carbocycles. The van der Waals surface area contributed by atoms with Crippen molar-refractivity contribution < 1.29 is 4.74 Å². The number of nitrogens with zero attached hydrogens (tertiary/aromatic N) is 2. The fourth-order valence-electron chi connectivity index (χ4n) is 2.24. The van der Waals surface area contributed by atoms with Crippen molar-refractivity contribution in [3.63, 3.8) is 0 Å². The molecule has 2 unspecified atom stereocenters. The van der Waals surface area contributed by atoms with E-state index < -0.39 is 0 Å². The summed E-state index contributed by atoms with van der Waals surface area (Å²) >= 11 is 0. The summed E-state index contributed by atoms with van der Waals surface area (Å²) in [5, 5.41) is 4.27. The van der Waals surface area contributed by atoms with E-state index >= 15 is 0 Å². The third-order valence-corrected chi connectivity index (χ3v) is 3.00. The molecule has 15 heavy (non-hydrogen) atoms. The molecular weight excluding hydrogens is 190 g/mol. The highest BCUT2D eigenvalue weighted by Crippen LogP contribution is 2.28. The molecule has 2 N–H and O–H groups in total. The summed E-state index contributed by atoms with van der Waals surface area (Å²) in [5.41, 5.74) is 5.85. The molecule has 2 rings (SSSR count). The van der Waals surface area contributed by atoms with E-state index in [4.69, 9.17) is 10.5 Å². The van der Waals surface area contributed by atoms with Gasteiger partial charge in [-0.25, -0.2) is 4.68 Å². The lowest BCUT2D eigenvalue weighted by Crippen LogP contribution is -2.28. The van der Waals surface area contributed by atoms with Gasteiger partial charge < -0.3 is 10.5 Å². The van der Waals surface area contributed by atoms with E-state index in [0.29, 0.717) is 12.1 Å². The fraction of sp³-hybridized carbons (Fsp3) is 0.727. The maximum absolute atomic E-state index is 5.85. The first-order valence-corrected chi connectivity index (χ1v) is 5.72. The van der Waals surface area contributed by atoms with Crippen LogP contribution >= 0.6 is 0 Å². The molecular formula is C11H19N3O. The standard InChI is InChI=1S/C11H19N3O/c1-2-3-10-8-9(5-7-15-10)14-11(12)4-6-13-14/h4,6,9-10H,2-3,5,7-8,12H2,1H3. The maximum atomic E-state index is 5.85. The minimum absolute atomic E-state index is 0.386. The van der Waals surface area contributed by atoms with Gasteiger partial charge in [-0.1, -0.05) is 13.3 Å². The average Bonchev–Trinajstić information content (AvgIpc) is 2.65. The lowest BCUT2D eigenvalue weighted by molar-refractivity contribution is -0.0119. The first-order valence-electron chi connectivity index (χ1n) is 5.72. The molecule has 1 aliphatic heterocycles. The molecule has 0 spiro atoms. The minimum atomic E-state index is 0.386. The molecule has 1 saturated heterocycles. The molecule has 4 heteroatoms. The Morgan fingerprint density at radius 2 is 2.53 bits per heavy atom. The minimum Gasteiger partial charge on any atom is -0.384 e. The second kappa shape index (κ2) is 4.66. The van der Waals surface area contributed by atoms with Crippen LogP contribution in [0.15, 0.2) is 12.3 Å². The number of aromatic nitrogens is 2. The SMILES string of the molecule is CCCC1CC(n2nccc2N)CCO1. The lowest BCUT2D eigenvalue weighted by atomic mass is 10.0. The summed E-state index contributed by atoms with van der Waals surface area (Å²) in [6, 6.07) is 2.27. The number of ether oxygens (including phenoxy) is 1. The highest BCUT2D eigenvalue weighted by Gasteiger charge is 2.24. The smallest absolute Gasteiger partial charge is 0.121 e. The Bertz CT molecular complexity index is 309. The quantitative estimate of drug-likeness (QED) is 0.828. The Kier molecular flexibility index (Phi) is 3.26. The van der Waals surface area contributed by atoms with Crippen molar-refractivity contribution in [2.75, 3.05) is 12.3 Å². The second-order valence-electron chi connectivity index (χ2n) is 4.16. The monoisotopic (exact) mass is 209 g/mol. The molecule has 2 heterocycles. The molecule has 1 aliphatic rings. The summed E-state index contributed by atoms with van der Waals surface area (Å²) in [4.78, 5) is 0. The fourth-order valence-corrected chi connectivity index (χ4v) is 2.24. The number of anilines is 1. The van der Waals surface area contributed by atoms with Gasteiger partial charge in [-0.05, 0) is 25.3 Å².